The molecule has 6 nitrogen and oxygen atoms in total. The van der Waals surface area contributed by atoms with Crippen LogP contribution in [0.4, 0.5) is 10.5 Å². The van der Waals surface area contributed by atoms with E-state index in [9.17, 15) is 14.4 Å². The summed E-state index contributed by atoms with van der Waals surface area (Å²) in [5.41, 5.74) is 1.80. The van der Waals surface area contributed by atoms with Gasteiger partial charge in [-0.15, -0.1) is 0 Å². The highest BCUT2D eigenvalue weighted by molar-refractivity contribution is 9.10. The molecule has 0 spiro atoms. The van der Waals surface area contributed by atoms with Crippen molar-refractivity contribution in [1.29, 1.82) is 0 Å². The average Bonchev–Trinajstić information content (AvgIpc) is 3.15. The van der Waals surface area contributed by atoms with Crippen molar-refractivity contribution in [2.45, 2.75) is 0 Å². The third kappa shape index (κ3) is 3.27. The Morgan fingerprint density at radius 3 is 2.25 bits per heavy atom. The highest BCUT2D eigenvalue weighted by atomic mass is 79.9. The van der Waals surface area contributed by atoms with Crippen molar-refractivity contribution >= 4 is 45.5 Å². The number of amides is 4. The minimum Gasteiger partial charge on any atom is -0.317 e. The van der Waals surface area contributed by atoms with Gasteiger partial charge in [0.1, 0.15) is 5.57 Å². The maximum Gasteiger partial charge on any atom is 0.335 e. The highest BCUT2D eigenvalue weighted by Crippen LogP contribution is 2.23. The van der Waals surface area contributed by atoms with E-state index in [4.69, 9.17) is 0 Å². The first-order valence-electron chi connectivity index (χ1n) is 8.44. The zero-order chi connectivity index (χ0) is 19.7. The van der Waals surface area contributed by atoms with Crippen LogP contribution in [-0.2, 0) is 9.59 Å². The molecule has 0 aliphatic carbocycles. The van der Waals surface area contributed by atoms with Gasteiger partial charge in [-0.25, -0.2) is 9.69 Å². The maximum absolute atomic E-state index is 12.9. The number of anilines is 1. The Hall–Kier alpha value is -3.45. The summed E-state index contributed by atoms with van der Waals surface area (Å²) >= 11 is 3.40. The Kier molecular flexibility index (Phi) is 4.67. The first-order chi connectivity index (χ1) is 13.5. The molecule has 4 amide bonds. The zero-order valence-corrected chi connectivity index (χ0v) is 16.1. The van der Waals surface area contributed by atoms with Gasteiger partial charge in [-0.2, -0.15) is 0 Å². The number of carbonyl (C=O) groups excluding carboxylic acids is 3. The fourth-order valence-corrected chi connectivity index (χ4v) is 3.23. The van der Waals surface area contributed by atoms with E-state index in [1.165, 1.54) is 6.08 Å². The van der Waals surface area contributed by atoms with Gasteiger partial charge in [-0.1, -0.05) is 34.1 Å². The Labute approximate surface area is 169 Å². The van der Waals surface area contributed by atoms with E-state index >= 15 is 0 Å². The molecule has 1 aliphatic heterocycles. The van der Waals surface area contributed by atoms with Gasteiger partial charge in [0.25, 0.3) is 11.8 Å². The molecule has 0 bridgehead atoms. The summed E-state index contributed by atoms with van der Waals surface area (Å²) in [7, 11) is 0. The van der Waals surface area contributed by atoms with Gasteiger partial charge in [-0.3, -0.25) is 14.9 Å². The normalized spacial score (nSPS) is 15.8. The molecule has 0 atom stereocenters. The number of barbiturate groups is 1. The minimum atomic E-state index is -0.762. The second-order valence-corrected chi connectivity index (χ2v) is 6.99. The van der Waals surface area contributed by atoms with Crippen LogP contribution < -0.4 is 10.2 Å². The number of hydrogen-bond acceptors (Lipinski definition) is 3. The molecule has 0 saturated carbocycles. The van der Waals surface area contributed by atoms with E-state index in [1.807, 2.05) is 41.1 Å². The predicted octanol–water partition coefficient (Wildman–Crippen LogP) is 3.91. The summed E-state index contributed by atoms with van der Waals surface area (Å²) in [5.74, 6) is -1.38. The number of benzene rings is 2. The van der Waals surface area contributed by atoms with Crippen LogP contribution in [0.25, 0.3) is 11.8 Å². The quantitative estimate of drug-likeness (QED) is 0.500. The number of halogens is 1. The molecule has 28 heavy (non-hydrogen) atoms. The van der Waals surface area contributed by atoms with Crippen molar-refractivity contribution < 1.29 is 14.4 Å². The van der Waals surface area contributed by atoms with Gasteiger partial charge < -0.3 is 4.57 Å². The zero-order valence-electron chi connectivity index (χ0n) is 14.5. The predicted molar refractivity (Wildman–Crippen MR) is 109 cm³/mol. The molecule has 3 aromatic rings. The number of hydrogen-bond donors (Lipinski definition) is 1. The lowest BCUT2D eigenvalue weighted by Crippen LogP contribution is -2.54. The monoisotopic (exact) mass is 435 g/mol. The smallest absolute Gasteiger partial charge is 0.317 e. The Morgan fingerprint density at radius 2 is 1.54 bits per heavy atom. The van der Waals surface area contributed by atoms with Crippen LogP contribution in [0, 0.1) is 0 Å². The molecular formula is C21H14BrN3O3. The van der Waals surface area contributed by atoms with E-state index < -0.39 is 17.8 Å². The fraction of sp³-hybridized carbons (Fsp3) is 0. The van der Waals surface area contributed by atoms with Crippen molar-refractivity contribution in [2.24, 2.45) is 0 Å². The standard InChI is InChI=1S/C21H14BrN3O3/c22-14-8-10-15(11-9-14)24-12-4-7-17(24)13-18-19(26)23-21(28)25(20(18)27)16-5-2-1-3-6-16/h1-13H,(H,23,26,28)/b18-13+. The van der Waals surface area contributed by atoms with Crippen LogP contribution >= 0.6 is 15.9 Å². The number of carbonyl (C=O) groups is 3. The van der Waals surface area contributed by atoms with E-state index in [0.717, 1.165) is 15.1 Å². The molecule has 1 N–H and O–H groups in total. The second-order valence-electron chi connectivity index (χ2n) is 6.07. The molecule has 2 aromatic carbocycles. The van der Waals surface area contributed by atoms with Gasteiger partial charge in [0.15, 0.2) is 0 Å². The largest absolute Gasteiger partial charge is 0.335 e. The third-order valence-corrected chi connectivity index (χ3v) is 4.82. The Balaban J connectivity index is 1.74. The lowest BCUT2D eigenvalue weighted by atomic mass is 10.1. The number of nitrogens with one attached hydrogen (secondary N) is 1. The van der Waals surface area contributed by atoms with Crippen LogP contribution in [0.3, 0.4) is 0 Å². The number of rotatable bonds is 3. The van der Waals surface area contributed by atoms with Gasteiger partial charge in [0.05, 0.1) is 5.69 Å². The molecule has 4 rings (SSSR count). The van der Waals surface area contributed by atoms with Crippen molar-refractivity contribution in [1.82, 2.24) is 9.88 Å². The molecular weight excluding hydrogens is 422 g/mol. The van der Waals surface area contributed by atoms with Gasteiger partial charge >= 0.3 is 6.03 Å². The SMILES string of the molecule is O=C1NC(=O)N(c2ccccc2)C(=O)/C1=C/c1cccn1-c1ccc(Br)cc1. The Morgan fingerprint density at radius 1 is 0.821 bits per heavy atom. The molecule has 2 heterocycles. The topological polar surface area (TPSA) is 71.4 Å². The summed E-state index contributed by atoms with van der Waals surface area (Å²) in [6, 6.07) is 19.0. The van der Waals surface area contributed by atoms with Crippen LogP contribution in [0.5, 0.6) is 0 Å². The molecule has 1 aliphatic rings. The number of para-hydroxylation sites is 1. The van der Waals surface area contributed by atoms with Crippen molar-refractivity contribution in [3.63, 3.8) is 0 Å². The fourth-order valence-electron chi connectivity index (χ4n) is 2.97. The molecule has 1 aromatic heterocycles. The minimum absolute atomic E-state index is 0.111. The Bertz CT molecular complexity index is 1100. The van der Waals surface area contributed by atoms with Gasteiger partial charge in [0.2, 0.25) is 0 Å². The number of aromatic nitrogens is 1. The third-order valence-electron chi connectivity index (χ3n) is 4.29. The highest BCUT2D eigenvalue weighted by Gasteiger charge is 2.36. The number of nitrogens with zero attached hydrogens (tertiary/aromatic N) is 2. The van der Waals surface area contributed by atoms with Crippen LogP contribution in [-0.4, -0.2) is 22.4 Å². The van der Waals surface area contributed by atoms with Crippen molar-refractivity contribution in [3.05, 3.63) is 88.7 Å². The summed E-state index contributed by atoms with van der Waals surface area (Å²) in [4.78, 5) is 38.5. The molecule has 138 valence electrons. The number of imide groups is 2. The summed E-state index contributed by atoms with van der Waals surface area (Å²) in [6.07, 6.45) is 3.32. The van der Waals surface area contributed by atoms with E-state index in [1.54, 1.807) is 36.4 Å². The summed E-state index contributed by atoms with van der Waals surface area (Å²) in [6.45, 7) is 0. The van der Waals surface area contributed by atoms with Gasteiger partial charge in [-0.05, 0) is 54.6 Å². The number of urea groups is 1. The van der Waals surface area contributed by atoms with Crippen LogP contribution in [0.2, 0.25) is 0 Å². The first-order valence-corrected chi connectivity index (χ1v) is 9.24. The van der Waals surface area contributed by atoms with E-state index in [0.29, 0.717) is 11.4 Å². The van der Waals surface area contributed by atoms with Crippen LogP contribution in [0.1, 0.15) is 5.69 Å². The summed E-state index contributed by atoms with van der Waals surface area (Å²) in [5, 5.41) is 2.23. The maximum atomic E-state index is 12.9. The van der Waals surface area contributed by atoms with E-state index in [-0.39, 0.29) is 5.57 Å². The molecule has 1 fully saturated rings. The molecule has 1 saturated heterocycles. The van der Waals surface area contributed by atoms with Crippen molar-refractivity contribution in [2.75, 3.05) is 4.90 Å². The van der Waals surface area contributed by atoms with Gasteiger partial charge in [0, 0.05) is 22.1 Å². The van der Waals surface area contributed by atoms with Crippen LogP contribution in [0.15, 0.2) is 83.0 Å². The first kappa shape index (κ1) is 17.9. The molecule has 0 radical (unpaired) electrons. The lowest BCUT2D eigenvalue weighted by molar-refractivity contribution is -0.122. The lowest BCUT2D eigenvalue weighted by Gasteiger charge is -2.26. The molecule has 0 unspecified atom stereocenters. The second kappa shape index (κ2) is 7.28. The van der Waals surface area contributed by atoms with Crippen molar-refractivity contribution in [3.8, 4) is 5.69 Å². The summed E-state index contributed by atoms with van der Waals surface area (Å²) < 4.78 is 2.80. The molecule has 7 heteroatoms. The van der Waals surface area contributed by atoms with E-state index in [2.05, 4.69) is 21.2 Å². The average molecular weight is 436 g/mol.